The lowest BCUT2D eigenvalue weighted by molar-refractivity contribution is -0.247. The van der Waals surface area contributed by atoms with E-state index in [-0.39, 0.29) is 6.04 Å². The van der Waals surface area contributed by atoms with Crippen LogP contribution >= 0.6 is 0 Å². The average Bonchev–Trinajstić information content (AvgIpc) is 2.34. The first-order chi connectivity index (χ1) is 8.50. The van der Waals surface area contributed by atoms with Gasteiger partial charge in [-0.2, -0.15) is 5.26 Å². The number of hydrogen-bond donors (Lipinski definition) is 1. The van der Waals surface area contributed by atoms with Gasteiger partial charge in [-0.05, 0) is 38.5 Å². The first-order valence-electron chi connectivity index (χ1n) is 6.05. The fourth-order valence-electron chi connectivity index (χ4n) is 1.84. The van der Waals surface area contributed by atoms with E-state index in [0.717, 1.165) is 11.3 Å². The molecule has 0 atom stereocenters. The monoisotopic (exact) mass is 246 g/mol. The number of anilines is 1. The van der Waals surface area contributed by atoms with Gasteiger partial charge in [0.05, 0.1) is 30.9 Å². The van der Waals surface area contributed by atoms with E-state index >= 15 is 0 Å². The van der Waals surface area contributed by atoms with Gasteiger partial charge in [0.25, 0.3) is 0 Å². The standard InChI is InChI=1S/C14H18N2O2/c1-10-4-5-11(7-15)6-13(10)16-12-8-17-14(2,3)18-9-12/h4-6,12,16H,8-9H2,1-3H3. The predicted octanol–water partition coefficient (Wildman–Crippen LogP) is 2.43. The Kier molecular flexibility index (Phi) is 3.55. The van der Waals surface area contributed by atoms with Gasteiger partial charge in [-0.1, -0.05) is 6.07 Å². The Hall–Kier alpha value is -1.57. The molecule has 0 bridgehead atoms. The molecule has 1 heterocycles. The zero-order chi connectivity index (χ0) is 13.2. The summed E-state index contributed by atoms with van der Waals surface area (Å²) < 4.78 is 11.2. The molecule has 1 aliphatic heterocycles. The van der Waals surface area contributed by atoms with Crippen LogP contribution in [0.5, 0.6) is 0 Å². The number of benzene rings is 1. The van der Waals surface area contributed by atoms with Crippen LogP contribution in [0.15, 0.2) is 18.2 Å². The van der Waals surface area contributed by atoms with Crippen LogP contribution in [-0.4, -0.2) is 25.0 Å². The highest BCUT2D eigenvalue weighted by atomic mass is 16.7. The van der Waals surface area contributed by atoms with Crippen molar-refractivity contribution in [1.82, 2.24) is 0 Å². The van der Waals surface area contributed by atoms with Crippen LogP contribution in [0.4, 0.5) is 5.69 Å². The summed E-state index contributed by atoms with van der Waals surface area (Å²) in [5.41, 5.74) is 2.73. The molecule has 2 rings (SSSR count). The van der Waals surface area contributed by atoms with Gasteiger partial charge in [0.15, 0.2) is 5.79 Å². The molecule has 4 heteroatoms. The van der Waals surface area contributed by atoms with Crippen molar-refractivity contribution < 1.29 is 9.47 Å². The highest BCUT2D eigenvalue weighted by Gasteiger charge is 2.28. The molecule has 0 spiro atoms. The molecule has 96 valence electrons. The van der Waals surface area contributed by atoms with Crippen LogP contribution in [0.2, 0.25) is 0 Å². The van der Waals surface area contributed by atoms with Crippen LogP contribution in [0, 0.1) is 18.3 Å². The summed E-state index contributed by atoms with van der Waals surface area (Å²) in [7, 11) is 0. The molecule has 0 aromatic heterocycles. The van der Waals surface area contributed by atoms with Gasteiger partial charge in [-0.25, -0.2) is 0 Å². The third-order valence-electron chi connectivity index (χ3n) is 2.99. The van der Waals surface area contributed by atoms with Gasteiger partial charge in [0.1, 0.15) is 0 Å². The normalized spacial score (nSPS) is 19.2. The van der Waals surface area contributed by atoms with Gasteiger partial charge in [-0.15, -0.1) is 0 Å². The molecule has 1 saturated heterocycles. The summed E-state index contributed by atoms with van der Waals surface area (Å²) in [6, 6.07) is 7.87. The van der Waals surface area contributed by atoms with Crippen LogP contribution in [-0.2, 0) is 9.47 Å². The van der Waals surface area contributed by atoms with Crippen molar-refractivity contribution in [3.63, 3.8) is 0 Å². The number of nitrogens with zero attached hydrogens (tertiary/aromatic N) is 1. The summed E-state index contributed by atoms with van der Waals surface area (Å²) in [4.78, 5) is 0. The average molecular weight is 246 g/mol. The molecule has 0 aliphatic carbocycles. The summed E-state index contributed by atoms with van der Waals surface area (Å²) >= 11 is 0. The summed E-state index contributed by atoms with van der Waals surface area (Å²) in [6.45, 7) is 7.03. The molecule has 0 amide bonds. The van der Waals surface area contributed by atoms with E-state index in [1.807, 2.05) is 39.0 Å². The number of nitriles is 1. The minimum atomic E-state index is -0.498. The topological polar surface area (TPSA) is 54.3 Å². The maximum absolute atomic E-state index is 8.90. The quantitative estimate of drug-likeness (QED) is 0.870. The van der Waals surface area contributed by atoms with E-state index in [9.17, 15) is 0 Å². The van der Waals surface area contributed by atoms with E-state index in [2.05, 4.69) is 11.4 Å². The minimum Gasteiger partial charge on any atom is -0.377 e. The Morgan fingerprint density at radius 1 is 1.33 bits per heavy atom. The molecule has 1 N–H and O–H groups in total. The van der Waals surface area contributed by atoms with E-state index in [0.29, 0.717) is 18.8 Å². The number of rotatable bonds is 2. The highest BCUT2D eigenvalue weighted by molar-refractivity contribution is 5.55. The third-order valence-corrected chi connectivity index (χ3v) is 2.99. The third kappa shape index (κ3) is 3.00. The Morgan fingerprint density at radius 2 is 2.00 bits per heavy atom. The fourth-order valence-corrected chi connectivity index (χ4v) is 1.84. The SMILES string of the molecule is Cc1ccc(C#N)cc1NC1COC(C)(C)OC1. The Labute approximate surface area is 108 Å². The van der Waals surface area contributed by atoms with Gasteiger partial charge in [0, 0.05) is 5.69 Å². The second kappa shape index (κ2) is 4.97. The first kappa shape index (κ1) is 12.9. The fraction of sp³-hybridized carbons (Fsp3) is 0.500. The molecule has 4 nitrogen and oxygen atoms in total. The Morgan fingerprint density at radius 3 is 2.61 bits per heavy atom. The van der Waals surface area contributed by atoms with E-state index in [4.69, 9.17) is 14.7 Å². The van der Waals surface area contributed by atoms with Gasteiger partial charge in [-0.3, -0.25) is 0 Å². The Bertz CT molecular complexity index is 467. The second-order valence-corrected chi connectivity index (χ2v) is 5.00. The molecule has 1 aromatic carbocycles. The lowest BCUT2D eigenvalue weighted by atomic mass is 10.1. The van der Waals surface area contributed by atoms with Gasteiger partial charge >= 0.3 is 0 Å². The smallest absolute Gasteiger partial charge is 0.162 e. The zero-order valence-corrected chi connectivity index (χ0v) is 11.0. The first-order valence-corrected chi connectivity index (χ1v) is 6.05. The largest absolute Gasteiger partial charge is 0.377 e. The molecule has 1 fully saturated rings. The molecule has 0 radical (unpaired) electrons. The summed E-state index contributed by atoms with van der Waals surface area (Å²) in [6.07, 6.45) is 0. The lowest BCUT2D eigenvalue weighted by Crippen LogP contribution is -2.45. The maximum Gasteiger partial charge on any atom is 0.162 e. The van der Waals surface area contributed by atoms with E-state index < -0.39 is 5.79 Å². The van der Waals surface area contributed by atoms with Crippen LogP contribution < -0.4 is 5.32 Å². The number of nitrogens with one attached hydrogen (secondary N) is 1. The lowest BCUT2D eigenvalue weighted by Gasteiger charge is -2.35. The van der Waals surface area contributed by atoms with E-state index in [1.54, 1.807) is 0 Å². The molecule has 18 heavy (non-hydrogen) atoms. The van der Waals surface area contributed by atoms with E-state index in [1.165, 1.54) is 0 Å². The second-order valence-electron chi connectivity index (χ2n) is 5.00. The zero-order valence-electron chi connectivity index (χ0n) is 11.0. The molecular formula is C14H18N2O2. The molecule has 0 unspecified atom stereocenters. The molecular weight excluding hydrogens is 228 g/mol. The van der Waals surface area contributed by atoms with Crippen molar-refractivity contribution >= 4 is 5.69 Å². The van der Waals surface area contributed by atoms with Crippen molar-refractivity contribution in [3.05, 3.63) is 29.3 Å². The van der Waals surface area contributed by atoms with Crippen LogP contribution in [0.3, 0.4) is 0 Å². The Balaban J connectivity index is 2.04. The van der Waals surface area contributed by atoms with Gasteiger partial charge < -0.3 is 14.8 Å². The predicted molar refractivity (Wildman–Crippen MR) is 69.3 cm³/mol. The summed E-state index contributed by atoms with van der Waals surface area (Å²) in [5, 5.41) is 12.3. The van der Waals surface area contributed by atoms with Crippen LogP contribution in [0.25, 0.3) is 0 Å². The maximum atomic E-state index is 8.90. The van der Waals surface area contributed by atoms with Crippen molar-refractivity contribution in [3.8, 4) is 6.07 Å². The molecule has 1 aromatic rings. The van der Waals surface area contributed by atoms with Gasteiger partial charge in [0.2, 0.25) is 0 Å². The highest BCUT2D eigenvalue weighted by Crippen LogP contribution is 2.22. The van der Waals surface area contributed by atoms with Crippen molar-refractivity contribution in [2.45, 2.75) is 32.6 Å². The van der Waals surface area contributed by atoms with Crippen molar-refractivity contribution in [2.75, 3.05) is 18.5 Å². The minimum absolute atomic E-state index is 0.116. The number of ether oxygens (including phenoxy) is 2. The summed E-state index contributed by atoms with van der Waals surface area (Å²) in [5.74, 6) is -0.498. The van der Waals surface area contributed by atoms with Crippen LogP contribution in [0.1, 0.15) is 25.0 Å². The van der Waals surface area contributed by atoms with Crippen molar-refractivity contribution in [1.29, 1.82) is 5.26 Å². The van der Waals surface area contributed by atoms with Crippen molar-refractivity contribution in [2.24, 2.45) is 0 Å². The molecule has 1 aliphatic rings. The number of aryl methyl sites for hydroxylation is 1. The molecule has 0 saturated carbocycles. The number of hydrogen-bond acceptors (Lipinski definition) is 4.